The van der Waals surface area contributed by atoms with Crippen molar-refractivity contribution >= 4 is 23.4 Å². The van der Waals surface area contributed by atoms with Crippen LogP contribution in [-0.2, 0) is 10.9 Å². The van der Waals surface area contributed by atoms with Gasteiger partial charge in [-0.25, -0.2) is 9.78 Å². The second-order valence-electron chi connectivity index (χ2n) is 7.61. The number of ether oxygens (including phenoxy) is 1. The molecule has 1 aromatic carbocycles. The number of aromatic nitrogens is 1. The maximum atomic E-state index is 13.5. The number of carbonyl (C=O) groups is 1. The second kappa shape index (κ2) is 10.2. The van der Waals surface area contributed by atoms with E-state index in [4.69, 9.17) is 11.6 Å². The predicted molar refractivity (Wildman–Crippen MR) is 109 cm³/mol. The van der Waals surface area contributed by atoms with Gasteiger partial charge in [-0.05, 0) is 55.8 Å². The Morgan fingerprint density at radius 3 is 2.48 bits per heavy atom. The molecular formula is C21H20ClF6N3O2. The lowest BCUT2D eigenvalue weighted by Gasteiger charge is -2.35. The highest BCUT2D eigenvalue weighted by Gasteiger charge is 2.44. The van der Waals surface area contributed by atoms with Crippen LogP contribution in [0.3, 0.4) is 0 Å². The number of amides is 1. The number of pyridine rings is 1. The van der Waals surface area contributed by atoms with E-state index >= 15 is 0 Å². The van der Waals surface area contributed by atoms with Gasteiger partial charge in [0.05, 0.1) is 0 Å². The molecule has 0 radical (unpaired) electrons. The van der Waals surface area contributed by atoms with Gasteiger partial charge in [-0.15, -0.1) is 0 Å². The first kappa shape index (κ1) is 25.1. The molecule has 33 heavy (non-hydrogen) atoms. The van der Waals surface area contributed by atoms with Crippen molar-refractivity contribution in [3.8, 4) is 0 Å². The van der Waals surface area contributed by atoms with Crippen molar-refractivity contribution in [3.63, 3.8) is 0 Å². The van der Waals surface area contributed by atoms with E-state index in [1.54, 1.807) is 0 Å². The third-order valence-electron chi connectivity index (χ3n) is 5.11. The van der Waals surface area contributed by atoms with Crippen LogP contribution >= 0.6 is 11.6 Å². The van der Waals surface area contributed by atoms with Gasteiger partial charge in [-0.1, -0.05) is 17.7 Å². The third kappa shape index (κ3) is 7.23. The van der Waals surface area contributed by atoms with Crippen molar-refractivity contribution in [2.24, 2.45) is 0 Å². The van der Waals surface area contributed by atoms with Crippen molar-refractivity contribution in [1.82, 2.24) is 9.88 Å². The minimum absolute atomic E-state index is 0.0586. The van der Waals surface area contributed by atoms with E-state index in [1.165, 1.54) is 41.3 Å². The van der Waals surface area contributed by atoms with E-state index in [2.05, 4.69) is 15.0 Å². The zero-order chi connectivity index (χ0) is 24.2. The fourth-order valence-corrected chi connectivity index (χ4v) is 3.68. The molecule has 1 N–H and O–H groups in total. The summed E-state index contributed by atoms with van der Waals surface area (Å²) < 4.78 is 84.1. The minimum Gasteiger partial charge on any atom is -0.435 e. The monoisotopic (exact) mass is 495 g/mol. The standard InChI is InChI=1S/C21H20ClF6N3O2/c22-14-6-8-15(9-7-14)29-19(32)33-18(21(26,27)28)12-31-10-2-3-13(11-31)16-4-1-5-17(30-16)20(23,24)25/h1,4-9,13,18H,2-3,10-12H2,(H,29,32). The Labute approximate surface area is 190 Å². The van der Waals surface area contributed by atoms with Crippen LogP contribution < -0.4 is 5.32 Å². The van der Waals surface area contributed by atoms with Gasteiger partial charge in [0.15, 0.2) is 0 Å². The molecule has 2 heterocycles. The smallest absolute Gasteiger partial charge is 0.433 e. The average Bonchev–Trinajstić information content (AvgIpc) is 2.74. The molecule has 1 aromatic heterocycles. The second-order valence-corrected chi connectivity index (χ2v) is 8.05. The minimum atomic E-state index is -4.83. The molecule has 1 fully saturated rings. The molecule has 180 valence electrons. The molecule has 2 unspecified atom stereocenters. The quantitative estimate of drug-likeness (QED) is 0.508. The highest BCUT2D eigenvalue weighted by molar-refractivity contribution is 6.30. The molecule has 0 spiro atoms. The summed E-state index contributed by atoms with van der Waals surface area (Å²) in [7, 11) is 0. The van der Waals surface area contributed by atoms with Crippen LogP contribution in [0, 0.1) is 0 Å². The first-order chi connectivity index (χ1) is 15.4. The van der Waals surface area contributed by atoms with Gasteiger partial charge < -0.3 is 4.74 Å². The Kier molecular flexibility index (Phi) is 7.73. The topological polar surface area (TPSA) is 54.5 Å². The number of hydrogen-bond donors (Lipinski definition) is 1. The fourth-order valence-electron chi connectivity index (χ4n) is 3.55. The zero-order valence-corrected chi connectivity index (χ0v) is 17.8. The van der Waals surface area contributed by atoms with Crippen LogP contribution in [0.15, 0.2) is 42.5 Å². The van der Waals surface area contributed by atoms with Crippen LogP contribution in [0.5, 0.6) is 0 Å². The molecular weight excluding hydrogens is 476 g/mol. The number of hydrogen-bond acceptors (Lipinski definition) is 4. The van der Waals surface area contributed by atoms with Crippen molar-refractivity contribution in [2.75, 3.05) is 25.0 Å². The van der Waals surface area contributed by atoms with E-state index in [0.29, 0.717) is 17.9 Å². The summed E-state index contributed by atoms with van der Waals surface area (Å²) in [6.45, 7) is -0.305. The van der Waals surface area contributed by atoms with Gasteiger partial charge in [0.2, 0.25) is 6.10 Å². The molecule has 0 bridgehead atoms. The summed E-state index contributed by atoms with van der Waals surface area (Å²) in [6.07, 6.45) is -12.2. The van der Waals surface area contributed by atoms with Crippen LogP contribution in [-0.4, -0.2) is 47.9 Å². The van der Waals surface area contributed by atoms with E-state index in [9.17, 15) is 31.1 Å². The van der Waals surface area contributed by atoms with Crippen LogP contribution in [0.4, 0.5) is 36.8 Å². The van der Waals surface area contributed by atoms with Crippen LogP contribution in [0.1, 0.15) is 30.1 Å². The first-order valence-electron chi connectivity index (χ1n) is 9.98. The summed E-state index contributed by atoms with van der Waals surface area (Å²) >= 11 is 5.73. The third-order valence-corrected chi connectivity index (χ3v) is 5.37. The van der Waals surface area contributed by atoms with E-state index < -0.39 is 42.7 Å². The molecule has 3 rings (SSSR count). The highest BCUT2D eigenvalue weighted by atomic mass is 35.5. The molecule has 1 aliphatic rings. The van der Waals surface area contributed by atoms with Crippen LogP contribution in [0.2, 0.25) is 5.02 Å². The SMILES string of the molecule is O=C(Nc1ccc(Cl)cc1)OC(CN1CCCC(c2cccc(C(F)(F)F)n2)C1)C(F)(F)F. The molecule has 1 amide bonds. The van der Waals surface area contributed by atoms with Crippen molar-refractivity contribution in [1.29, 1.82) is 0 Å². The zero-order valence-electron chi connectivity index (χ0n) is 17.1. The number of benzene rings is 1. The number of carbonyl (C=O) groups excluding carboxylic acids is 1. The molecule has 12 heteroatoms. The largest absolute Gasteiger partial charge is 0.435 e. The average molecular weight is 496 g/mol. The molecule has 1 saturated heterocycles. The number of likely N-dealkylation sites (tertiary alicyclic amines) is 1. The summed E-state index contributed by atoms with van der Waals surface area (Å²) in [5.74, 6) is -0.474. The lowest BCUT2D eigenvalue weighted by atomic mass is 9.94. The summed E-state index contributed by atoms with van der Waals surface area (Å²) in [4.78, 5) is 17.1. The Hall–Kier alpha value is -2.53. The van der Waals surface area contributed by atoms with Gasteiger partial charge >= 0.3 is 18.4 Å². The number of piperidine rings is 1. The van der Waals surface area contributed by atoms with Gasteiger partial charge in [0.25, 0.3) is 0 Å². The number of alkyl halides is 6. The molecule has 0 saturated carbocycles. The van der Waals surface area contributed by atoms with E-state index in [1.807, 2.05) is 0 Å². The Balaban J connectivity index is 1.65. The van der Waals surface area contributed by atoms with Gasteiger partial charge in [-0.3, -0.25) is 10.2 Å². The molecule has 5 nitrogen and oxygen atoms in total. The fraction of sp³-hybridized carbons (Fsp3) is 0.429. The normalized spacial score (nSPS) is 18.6. The van der Waals surface area contributed by atoms with Gasteiger partial charge in [0.1, 0.15) is 5.69 Å². The Morgan fingerprint density at radius 2 is 1.85 bits per heavy atom. The van der Waals surface area contributed by atoms with Crippen molar-refractivity contribution < 1.29 is 35.9 Å². The maximum Gasteiger partial charge on any atom is 0.433 e. The lowest BCUT2D eigenvalue weighted by Crippen LogP contribution is -2.47. The lowest BCUT2D eigenvalue weighted by molar-refractivity contribution is -0.207. The van der Waals surface area contributed by atoms with E-state index in [0.717, 1.165) is 6.07 Å². The highest BCUT2D eigenvalue weighted by Crippen LogP contribution is 2.32. The summed E-state index contributed by atoms with van der Waals surface area (Å²) in [5, 5.41) is 2.60. The van der Waals surface area contributed by atoms with Crippen molar-refractivity contribution in [3.05, 3.63) is 58.9 Å². The number of halogens is 7. The molecule has 2 atom stereocenters. The molecule has 0 aliphatic carbocycles. The van der Waals surface area contributed by atoms with Gasteiger partial charge in [0, 0.05) is 35.4 Å². The molecule has 2 aromatic rings. The number of nitrogens with zero attached hydrogens (tertiary/aromatic N) is 2. The predicted octanol–water partition coefficient (Wildman–Crippen LogP) is 6.11. The first-order valence-corrected chi connectivity index (χ1v) is 10.4. The summed E-state index contributed by atoms with van der Waals surface area (Å²) in [5.41, 5.74) is -0.675. The number of anilines is 1. The summed E-state index contributed by atoms with van der Waals surface area (Å²) in [6, 6.07) is 9.22. The number of nitrogens with one attached hydrogen (secondary N) is 1. The molecule has 1 aliphatic heterocycles. The van der Waals surface area contributed by atoms with Crippen LogP contribution in [0.25, 0.3) is 0 Å². The van der Waals surface area contributed by atoms with Gasteiger partial charge in [-0.2, -0.15) is 26.3 Å². The maximum absolute atomic E-state index is 13.5. The Morgan fingerprint density at radius 1 is 1.15 bits per heavy atom. The van der Waals surface area contributed by atoms with Crippen molar-refractivity contribution in [2.45, 2.75) is 37.2 Å². The number of rotatable bonds is 5. The van der Waals surface area contributed by atoms with E-state index in [-0.39, 0.29) is 24.5 Å². The Bertz CT molecular complexity index is 952.